The fourth-order valence-corrected chi connectivity index (χ4v) is 1.66. The van der Waals surface area contributed by atoms with Gasteiger partial charge in [0, 0.05) is 5.92 Å². The molecule has 0 bridgehead atoms. The Morgan fingerprint density at radius 3 is 3.08 bits per heavy atom. The highest BCUT2D eigenvalue weighted by molar-refractivity contribution is 5.37. The van der Waals surface area contributed by atoms with Gasteiger partial charge in [-0.25, -0.2) is 0 Å². The predicted molar refractivity (Wildman–Crippen MR) is 48.3 cm³/mol. The molecule has 12 heavy (non-hydrogen) atoms. The van der Waals surface area contributed by atoms with Crippen molar-refractivity contribution in [1.29, 1.82) is 0 Å². The molecular formula is C10H13NO. The van der Waals surface area contributed by atoms with Gasteiger partial charge in [-0.05, 0) is 24.6 Å². The van der Waals surface area contributed by atoms with Gasteiger partial charge < -0.3 is 10.5 Å². The van der Waals surface area contributed by atoms with Crippen molar-refractivity contribution in [3.63, 3.8) is 0 Å². The Balaban J connectivity index is 2.37. The monoisotopic (exact) mass is 163 g/mol. The maximum Gasteiger partial charge on any atom is 0.122 e. The summed E-state index contributed by atoms with van der Waals surface area (Å²) in [6.07, 6.45) is 1.05. The third kappa shape index (κ3) is 1.18. The molecule has 1 atom stereocenters. The third-order valence-electron chi connectivity index (χ3n) is 2.37. The smallest absolute Gasteiger partial charge is 0.122 e. The molecule has 1 aliphatic heterocycles. The van der Waals surface area contributed by atoms with Crippen LogP contribution in [0.3, 0.4) is 0 Å². The Hall–Kier alpha value is -1.02. The van der Waals surface area contributed by atoms with Gasteiger partial charge in [-0.15, -0.1) is 0 Å². The molecule has 2 nitrogen and oxygen atoms in total. The van der Waals surface area contributed by atoms with Gasteiger partial charge in [0.25, 0.3) is 0 Å². The summed E-state index contributed by atoms with van der Waals surface area (Å²) in [5.41, 5.74) is 6.93. The summed E-state index contributed by atoms with van der Waals surface area (Å²) in [6, 6.07) is 8.15. The molecule has 1 aliphatic rings. The van der Waals surface area contributed by atoms with Gasteiger partial charge in [0.15, 0.2) is 0 Å². The molecule has 0 radical (unpaired) electrons. The summed E-state index contributed by atoms with van der Waals surface area (Å²) in [7, 11) is 0. The van der Waals surface area contributed by atoms with E-state index in [-0.39, 0.29) is 0 Å². The highest BCUT2D eigenvalue weighted by atomic mass is 16.5. The first-order valence-corrected chi connectivity index (χ1v) is 4.33. The van der Waals surface area contributed by atoms with E-state index in [0.29, 0.717) is 5.92 Å². The fourth-order valence-electron chi connectivity index (χ4n) is 1.66. The Labute approximate surface area is 72.3 Å². The summed E-state index contributed by atoms with van der Waals surface area (Å²) >= 11 is 0. The molecule has 2 N–H and O–H groups in total. The minimum absolute atomic E-state index is 0.495. The maximum absolute atomic E-state index is 5.66. The van der Waals surface area contributed by atoms with Crippen molar-refractivity contribution in [2.24, 2.45) is 5.73 Å². The molecule has 0 saturated carbocycles. The SMILES string of the molecule is NC[C@@H]1CCOc2ccccc21. The highest BCUT2D eigenvalue weighted by Crippen LogP contribution is 2.32. The van der Waals surface area contributed by atoms with Crippen molar-refractivity contribution in [2.75, 3.05) is 13.2 Å². The highest BCUT2D eigenvalue weighted by Gasteiger charge is 2.18. The normalized spacial score (nSPS) is 21.2. The van der Waals surface area contributed by atoms with Crippen LogP contribution in [0.5, 0.6) is 5.75 Å². The molecule has 0 saturated heterocycles. The number of fused-ring (bicyclic) bond motifs is 1. The second-order valence-corrected chi connectivity index (χ2v) is 3.11. The van der Waals surface area contributed by atoms with Gasteiger partial charge >= 0.3 is 0 Å². The van der Waals surface area contributed by atoms with Crippen LogP contribution in [-0.4, -0.2) is 13.2 Å². The van der Waals surface area contributed by atoms with E-state index in [4.69, 9.17) is 10.5 Å². The number of hydrogen-bond donors (Lipinski definition) is 1. The van der Waals surface area contributed by atoms with Gasteiger partial charge in [-0.2, -0.15) is 0 Å². The van der Waals surface area contributed by atoms with E-state index in [2.05, 4.69) is 6.07 Å². The molecule has 2 heteroatoms. The Morgan fingerprint density at radius 2 is 2.25 bits per heavy atom. The van der Waals surface area contributed by atoms with E-state index in [1.807, 2.05) is 18.2 Å². The van der Waals surface area contributed by atoms with Crippen LogP contribution in [0.15, 0.2) is 24.3 Å². The second kappa shape index (κ2) is 3.15. The molecule has 0 unspecified atom stereocenters. The molecule has 0 spiro atoms. The lowest BCUT2D eigenvalue weighted by atomic mass is 9.93. The third-order valence-corrected chi connectivity index (χ3v) is 2.37. The number of hydrogen-bond acceptors (Lipinski definition) is 2. The lowest BCUT2D eigenvalue weighted by molar-refractivity contribution is 0.269. The van der Waals surface area contributed by atoms with Crippen molar-refractivity contribution >= 4 is 0 Å². The number of ether oxygens (including phenoxy) is 1. The van der Waals surface area contributed by atoms with Crippen LogP contribution in [0.1, 0.15) is 17.9 Å². The average Bonchev–Trinajstić information content (AvgIpc) is 2.17. The van der Waals surface area contributed by atoms with Crippen LogP contribution >= 0.6 is 0 Å². The number of rotatable bonds is 1. The van der Waals surface area contributed by atoms with Crippen molar-refractivity contribution in [3.8, 4) is 5.75 Å². The zero-order chi connectivity index (χ0) is 8.39. The molecular weight excluding hydrogens is 150 g/mol. The predicted octanol–water partition coefficient (Wildman–Crippen LogP) is 1.51. The molecule has 2 rings (SSSR count). The summed E-state index contributed by atoms with van der Waals surface area (Å²) in [5.74, 6) is 1.51. The summed E-state index contributed by atoms with van der Waals surface area (Å²) in [5, 5.41) is 0. The minimum Gasteiger partial charge on any atom is -0.493 e. The van der Waals surface area contributed by atoms with Crippen LogP contribution < -0.4 is 10.5 Å². The van der Waals surface area contributed by atoms with E-state index in [0.717, 1.165) is 25.3 Å². The molecule has 1 aromatic carbocycles. The minimum atomic E-state index is 0.495. The summed E-state index contributed by atoms with van der Waals surface area (Å²) in [6.45, 7) is 1.53. The van der Waals surface area contributed by atoms with E-state index in [1.54, 1.807) is 0 Å². The van der Waals surface area contributed by atoms with Crippen LogP contribution in [0, 0.1) is 0 Å². The van der Waals surface area contributed by atoms with Crippen LogP contribution in [0.25, 0.3) is 0 Å². The van der Waals surface area contributed by atoms with Crippen LogP contribution in [-0.2, 0) is 0 Å². The van der Waals surface area contributed by atoms with Crippen molar-refractivity contribution in [2.45, 2.75) is 12.3 Å². The second-order valence-electron chi connectivity index (χ2n) is 3.11. The maximum atomic E-state index is 5.66. The molecule has 0 amide bonds. The quantitative estimate of drug-likeness (QED) is 0.681. The first kappa shape index (κ1) is 7.62. The Bertz CT molecular complexity index is 272. The van der Waals surface area contributed by atoms with Crippen LogP contribution in [0.2, 0.25) is 0 Å². The fraction of sp³-hybridized carbons (Fsp3) is 0.400. The zero-order valence-electron chi connectivity index (χ0n) is 6.99. The lowest BCUT2D eigenvalue weighted by Gasteiger charge is -2.24. The Morgan fingerprint density at radius 1 is 1.42 bits per heavy atom. The first-order chi connectivity index (χ1) is 5.92. The van der Waals surface area contributed by atoms with E-state index in [9.17, 15) is 0 Å². The van der Waals surface area contributed by atoms with Gasteiger partial charge in [0.2, 0.25) is 0 Å². The first-order valence-electron chi connectivity index (χ1n) is 4.33. The molecule has 1 heterocycles. The van der Waals surface area contributed by atoms with Crippen LogP contribution in [0.4, 0.5) is 0 Å². The van der Waals surface area contributed by atoms with Crippen molar-refractivity contribution in [1.82, 2.24) is 0 Å². The average molecular weight is 163 g/mol. The number of benzene rings is 1. The van der Waals surface area contributed by atoms with Crippen molar-refractivity contribution < 1.29 is 4.74 Å². The van der Waals surface area contributed by atoms with Gasteiger partial charge in [0.05, 0.1) is 6.61 Å². The van der Waals surface area contributed by atoms with E-state index in [1.165, 1.54) is 5.56 Å². The van der Waals surface area contributed by atoms with E-state index >= 15 is 0 Å². The lowest BCUT2D eigenvalue weighted by Crippen LogP contribution is -2.20. The largest absolute Gasteiger partial charge is 0.493 e. The topological polar surface area (TPSA) is 35.2 Å². The Kier molecular flexibility index (Phi) is 2.00. The summed E-state index contributed by atoms with van der Waals surface area (Å²) in [4.78, 5) is 0. The molecule has 0 aliphatic carbocycles. The summed E-state index contributed by atoms with van der Waals surface area (Å²) < 4.78 is 5.50. The molecule has 0 aromatic heterocycles. The number of nitrogens with two attached hydrogens (primary N) is 1. The van der Waals surface area contributed by atoms with E-state index < -0.39 is 0 Å². The molecule has 1 aromatic rings. The van der Waals surface area contributed by atoms with Gasteiger partial charge in [-0.3, -0.25) is 0 Å². The molecule has 64 valence electrons. The van der Waals surface area contributed by atoms with Gasteiger partial charge in [-0.1, -0.05) is 18.2 Å². The van der Waals surface area contributed by atoms with Gasteiger partial charge in [0.1, 0.15) is 5.75 Å². The standard InChI is InChI=1S/C10H13NO/c11-7-8-5-6-12-10-4-2-1-3-9(8)10/h1-4,8H,5-7,11H2/t8-/m0/s1. The molecule has 0 fully saturated rings. The number of para-hydroxylation sites is 1. The zero-order valence-corrected chi connectivity index (χ0v) is 6.99. The van der Waals surface area contributed by atoms with Crippen molar-refractivity contribution in [3.05, 3.63) is 29.8 Å².